The number of amides is 3. The summed E-state index contributed by atoms with van der Waals surface area (Å²) in [6, 6.07) is 20.8. The summed E-state index contributed by atoms with van der Waals surface area (Å²) >= 11 is 1.58. The highest BCUT2D eigenvalue weighted by molar-refractivity contribution is 7.10. The minimum atomic E-state index is -0.776. The van der Waals surface area contributed by atoms with Crippen LogP contribution < -0.4 is 15.0 Å². The van der Waals surface area contributed by atoms with Gasteiger partial charge in [-0.25, -0.2) is 0 Å². The first-order valence-electron chi connectivity index (χ1n) is 12.3. The van der Waals surface area contributed by atoms with Crippen molar-refractivity contribution in [2.75, 3.05) is 43.6 Å². The Hall–Kier alpha value is -3.85. The van der Waals surface area contributed by atoms with E-state index in [9.17, 15) is 14.4 Å². The molecule has 192 valence electrons. The van der Waals surface area contributed by atoms with Gasteiger partial charge in [0.2, 0.25) is 11.8 Å². The molecule has 1 aromatic heterocycles. The van der Waals surface area contributed by atoms with E-state index in [-0.39, 0.29) is 24.3 Å². The van der Waals surface area contributed by atoms with Crippen molar-refractivity contribution >= 4 is 40.4 Å². The second-order valence-electron chi connectivity index (χ2n) is 9.35. The van der Waals surface area contributed by atoms with Crippen molar-refractivity contribution in [3.8, 4) is 5.75 Å². The molecule has 37 heavy (non-hydrogen) atoms. The van der Waals surface area contributed by atoms with Crippen LogP contribution in [0.2, 0.25) is 0 Å². The molecule has 0 aliphatic carbocycles. The average Bonchev–Trinajstić information content (AvgIpc) is 3.52. The van der Waals surface area contributed by atoms with Gasteiger partial charge >= 0.3 is 0 Å². The molecule has 2 saturated heterocycles. The highest BCUT2D eigenvalue weighted by Gasteiger charge is 2.54. The third kappa shape index (κ3) is 5.17. The van der Waals surface area contributed by atoms with Gasteiger partial charge < -0.3 is 24.8 Å². The summed E-state index contributed by atoms with van der Waals surface area (Å²) in [7, 11) is 1.59. The molecule has 5 rings (SSSR count). The van der Waals surface area contributed by atoms with E-state index in [1.54, 1.807) is 47.6 Å². The molecule has 2 aliphatic rings. The Balaban J connectivity index is 1.29. The molecule has 0 unspecified atom stereocenters. The Labute approximate surface area is 220 Å². The van der Waals surface area contributed by atoms with Crippen LogP contribution in [0.1, 0.15) is 17.7 Å². The number of anilines is 2. The predicted octanol–water partition coefficient (Wildman–Crippen LogP) is 3.61. The fourth-order valence-electron chi connectivity index (χ4n) is 5.17. The number of piperidine rings is 1. The lowest BCUT2D eigenvalue weighted by molar-refractivity contribution is -0.139. The number of likely N-dealkylation sites (tertiary alicyclic amines) is 1. The molecule has 0 radical (unpaired) electrons. The Morgan fingerprint density at radius 1 is 1.00 bits per heavy atom. The first kappa shape index (κ1) is 24.8. The Morgan fingerprint density at radius 3 is 2.38 bits per heavy atom. The number of methoxy groups -OCH3 is 1. The fourth-order valence-corrected chi connectivity index (χ4v) is 5.87. The SMILES string of the molecule is COc1ccc(NC(=O)CN2CN(c3ccccc3)C3(CCN(C(=O)Cc4cccs4)CC3)C2=O)cc1. The van der Waals surface area contributed by atoms with Crippen molar-refractivity contribution in [2.45, 2.75) is 24.8 Å². The third-order valence-electron chi connectivity index (χ3n) is 7.14. The zero-order valence-corrected chi connectivity index (χ0v) is 21.6. The molecule has 3 amide bonds. The molecule has 2 aromatic carbocycles. The van der Waals surface area contributed by atoms with Gasteiger partial charge in [-0.3, -0.25) is 14.4 Å². The summed E-state index contributed by atoms with van der Waals surface area (Å²) in [5.74, 6) is 0.469. The fraction of sp³-hybridized carbons (Fsp3) is 0.321. The minimum absolute atomic E-state index is 0.0447. The number of hydrogen-bond acceptors (Lipinski definition) is 6. The van der Waals surface area contributed by atoms with Gasteiger partial charge in [-0.15, -0.1) is 11.3 Å². The first-order chi connectivity index (χ1) is 18.0. The van der Waals surface area contributed by atoms with Gasteiger partial charge in [-0.05, 0) is 60.7 Å². The van der Waals surface area contributed by atoms with E-state index >= 15 is 0 Å². The van der Waals surface area contributed by atoms with Crippen LogP contribution >= 0.6 is 11.3 Å². The normalized spacial score (nSPS) is 16.8. The maximum atomic E-state index is 13.9. The van der Waals surface area contributed by atoms with Crippen molar-refractivity contribution in [3.05, 3.63) is 77.0 Å². The van der Waals surface area contributed by atoms with E-state index in [0.717, 1.165) is 10.6 Å². The van der Waals surface area contributed by atoms with Crippen LogP contribution in [0.5, 0.6) is 5.75 Å². The van der Waals surface area contributed by atoms with Crippen molar-refractivity contribution in [1.82, 2.24) is 9.80 Å². The third-order valence-corrected chi connectivity index (χ3v) is 8.02. The summed E-state index contributed by atoms with van der Waals surface area (Å²) in [6.45, 7) is 1.29. The lowest BCUT2D eigenvalue weighted by atomic mass is 9.85. The highest BCUT2D eigenvalue weighted by Crippen LogP contribution is 2.39. The topological polar surface area (TPSA) is 82.2 Å². The van der Waals surface area contributed by atoms with Gasteiger partial charge in [0, 0.05) is 29.3 Å². The summed E-state index contributed by atoms with van der Waals surface area (Å²) in [6.07, 6.45) is 1.43. The quantitative estimate of drug-likeness (QED) is 0.517. The van der Waals surface area contributed by atoms with Crippen LogP contribution in [0, 0.1) is 0 Å². The van der Waals surface area contributed by atoms with Gasteiger partial charge in [0.05, 0.1) is 20.2 Å². The molecule has 1 N–H and O–H groups in total. The lowest BCUT2D eigenvalue weighted by Gasteiger charge is -2.43. The van der Waals surface area contributed by atoms with Gasteiger partial charge in [0.25, 0.3) is 5.91 Å². The lowest BCUT2D eigenvalue weighted by Crippen LogP contribution is -2.57. The van der Waals surface area contributed by atoms with E-state index in [1.807, 2.05) is 52.7 Å². The highest BCUT2D eigenvalue weighted by atomic mass is 32.1. The monoisotopic (exact) mass is 518 g/mol. The number of benzene rings is 2. The number of para-hydroxylation sites is 1. The average molecular weight is 519 g/mol. The first-order valence-corrected chi connectivity index (χ1v) is 13.2. The molecule has 2 aliphatic heterocycles. The van der Waals surface area contributed by atoms with Gasteiger partial charge in [-0.1, -0.05) is 24.3 Å². The number of hydrogen-bond donors (Lipinski definition) is 1. The van der Waals surface area contributed by atoms with Crippen LogP contribution in [0.25, 0.3) is 0 Å². The molecular weight excluding hydrogens is 488 g/mol. The Bertz CT molecular complexity index is 1240. The number of thiophene rings is 1. The molecule has 3 heterocycles. The van der Waals surface area contributed by atoms with E-state index in [0.29, 0.717) is 50.5 Å². The largest absolute Gasteiger partial charge is 0.497 e. The Kier molecular flexibility index (Phi) is 7.14. The maximum absolute atomic E-state index is 13.9. The van der Waals surface area contributed by atoms with Gasteiger partial charge in [-0.2, -0.15) is 0 Å². The summed E-state index contributed by atoms with van der Waals surface area (Å²) < 4.78 is 5.17. The second kappa shape index (κ2) is 10.6. The molecule has 2 fully saturated rings. The molecule has 0 atom stereocenters. The zero-order valence-electron chi connectivity index (χ0n) is 20.8. The molecular formula is C28H30N4O4S. The van der Waals surface area contributed by atoms with Crippen LogP contribution in [0.3, 0.4) is 0 Å². The van der Waals surface area contributed by atoms with Crippen molar-refractivity contribution in [3.63, 3.8) is 0 Å². The standard InChI is InChI=1S/C28H30N4O4S/c1-36-23-11-9-21(10-12-23)29-25(33)19-31-20-32(22-6-3-2-4-7-22)28(27(31)35)13-15-30(16-14-28)26(34)18-24-8-5-17-37-24/h2-12,17H,13-16,18-20H2,1H3,(H,29,33). The van der Waals surface area contributed by atoms with Gasteiger partial charge in [0.1, 0.15) is 17.8 Å². The van der Waals surface area contributed by atoms with E-state index in [2.05, 4.69) is 10.2 Å². The Morgan fingerprint density at radius 2 is 1.73 bits per heavy atom. The van der Waals surface area contributed by atoms with E-state index in [1.165, 1.54) is 0 Å². The molecule has 9 heteroatoms. The summed E-state index contributed by atoms with van der Waals surface area (Å²) in [4.78, 5) is 46.2. The smallest absolute Gasteiger partial charge is 0.250 e. The van der Waals surface area contributed by atoms with E-state index in [4.69, 9.17) is 4.74 Å². The number of carbonyl (C=O) groups is 3. The zero-order chi connectivity index (χ0) is 25.8. The minimum Gasteiger partial charge on any atom is -0.497 e. The summed E-state index contributed by atoms with van der Waals surface area (Å²) in [5, 5.41) is 4.85. The maximum Gasteiger partial charge on any atom is 0.250 e. The molecule has 8 nitrogen and oxygen atoms in total. The van der Waals surface area contributed by atoms with Crippen LogP contribution in [-0.2, 0) is 20.8 Å². The number of rotatable bonds is 7. The predicted molar refractivity (Wildman–Crippen MR) is 144 cm³/mol. The van der Waals surface area contributed by atoms with Crippen LogP contribution in [0.4, 0.5) is 11.4 Å². The van der Waals surface area contributed by atoms with Crippen LogP contribution in [-0.4, -0.2) is 66.5 Å². The van der Waals surface area contributed by atoms with Gasteiger partial charge in [0.15, 0.2) is 0 Å². The number of nitrogens with one attached hydrogen (secondary N) is 1. The molecule has 1 spiro atoms. The van der Waals surface area contributed by atoms with Crippen molar-refractivity contribution in [1.29, 1.82) is 0 Å². The van der Waals surface area contributed by atoms with Crippen molar-refractivity contribution in [2.24, 2.45) is 0 Å². The molecule has 0 saturated carbocycles. The van der Waals surface area contributed by atoms with Crippen molar-refractivity contribution < 1.29 is 19.1 Å². The number of ether oxygens (including phenoxy) is 1. The summed E-state index contributed by atoms with van der Waals surface area (Å²) in [5.41, 5.74) is 0.804. The second-order valence-corrected chi connectivity index (χ2v) is 10.4. The van der Waals surface area contributed by atoms with Crippen LogP contribution in [0.15, 0.2) is 72.1 Å². The number of carbonyl (C=O) groups excluding carboxylic acids is 3. The number of nitrogens with zero attached hydrogens (tertiary/aromatic N) is 3. The molecule has 0 bridgehead atoms. The van der Waals surface area contributed by atoms with E-state index < -0.39 is 5.54 Å². The molecule has 3 aromatic rings.